The lowest BCUT2D eigenvalue weighted by molar-refractivity contribution is -0.136. The van der Waals surface area contributed by atoms with Crippen LogP contribution in [0.4, 0.5) is 0 Å². The van der Waals surface area contributed by atoms with E-state index >= 15 is 0 Å². The number of fused-ring (bicyclic) bond motifs is 1. The highest BCUT2D eigenvalue weighted by atomic mass is 16.5. The van der Waals surface area contributed by atoms with Crippen LogP contribution in [0.25, 0.3) is 11.3 Å². The number of ether oxygens (including phenoxy) is 1. The maximum atomic E-state index is 12.8. The van der Waals surface area contributed by atoms with E-state index in [0.717, 1.165) is 16.8 Å². The van der Waals surface area contributed by atoms with Crippen molar-refractivity contribution in [2.45, 2.75) is 51.8 Å². The molecule has 1 fully saturated rings. The van der Waals surface area contributed by atoms with Gasteiger partial charge >= 0.3 is 0 Å². The molecule has 1 aromatic carbocycles. The van der Waals surface area contributed by atoms with Crippen LogP contribution in [0.5, 0.6) is 5.88 Å². The van der Waals surface area contributed by atoms with Gasteiger partial charge in [-0.05, 0) is 51.0 Å². The Morgan fingerprint density at radius 1 is 1.14 bits per heavy atom. The van der Waals surface area contributed by atoms with Crippen LogP contribution in [0.1, 0.15) is 49.5 Å². The van der Waals surface area contributed by atoms with Crippen molar-refractivity contribution in [2.75, 3.05) is 0 Å². The number of nitrogens with one attached hydrogen (secondary N) is 1. The zero-order valence-electron chi connectivity index (χ0n) is 16.7. The van der Waals surface area contributed by atoms with Crippen LogP contribution in [-0.4, -0.2) is 39.2 Å². The highest BCUT2D eigenvalue weighted by Gasteiger charge is 2.39. The van der Waals surface area contributed by atoms with E-state index in [4.69, 9.17) is 4.74 Å². The Morgan fingerprint density at radius 3 is 2.66 bits per heavy atom. The first-order chi connectivity index (χ1) is 13.7. The third kappa shape index (κ3) is 3.85. The number of aromatic nitrogens is 1. The van der Waals surface area contributed by atoms with E-state index in [1.807, 2.05) is 51.1 Å². The van der Waals surface area contributed by atoms with Gasteiger partial charge in [-0.3, -0.25) is 19.7 Å². The second-order valence-corrected chi connectivity index (χ2v) is 8.35. The standard InChI is InChI=1S/C22H23N3O4/c1-22(2,3)29-19-6-4-5-16(23-19)13-7-8-15-14(11-13)12-25(21(15)28)17-9-10-18(26)24-20(17)27/h4-8,11,17H,9-10,12H2,1-3H3,(H,24,26,27). The van der Waals surface area contributed by atoms with Crippen molar-refractivity contribution < 1.29 is 19.1 Å². The quantitative estimate of drug-likeness (QED) is 0.810. The van der Waals surface area contributed by atoms with E-state index in [1.54, 1.807) is 11.0 Å². The molecule has 3 amide bonds. The number of carbonyl (C=O) groups excluding carboxylic acids is 3. The van der Waals surface area contributed by atoms with Gasteiger partial charge in [-0.1, -0.05) is 12.1 Å². The van der Waals surface area contributed by atoms with Gasteiger partial charge in [-0.15, -0.1) is 0 Å². The van der Waals surface area contributed by atoms with Crippen molar-refractivity contribution in [3.63, 3.8) is 0 Å². The van der Waals surface area contributed by atoms with Gasteiger partial charge in [0.15, 0.2) is 0 Å². The minimum Gasteiger partial charge on any atom is -0.472 e. The molecule has 7 heteroatoms. The Labute approximate surface area is 169 Å². The summed E-state index contributed by atoms with van der Waals surface area (Å²) >= 11 is 0. The first kappa shape index (κ1) is 19.1. The van der Waals surface area contributed by atoms with E-state index in [9.17, 15) is 14.4 Å². The summed E-state index contributed by atoms with van der Waals surface area (Å²) in [4.78, 5) is 42.5. The minimum absolute atomic E-state index is 0.182. The normalized spacial score (nSPS) is 19.2. The monoisotopic (exact) mass is 393 g/mol. The van der Waals surface area contributed by atoms with Crippen molar-refractivity contribution in [1.82, 2.24) is 15.2 Å². The first-order valence-electron chi connectivity index (χ1n) is 9.65. The minimum atomic E-state index is -0.613. The number of imide groups is 1. The predicted octanol–water partition coefficient (Wildman–Crippen LogP) is 2.69. The molecule has 1 N–H and O–H groups in total. The molecule has 3 heterocycles. The second-order valence-electron chi connectivity index (χ2n) is 8.35. The molecule has 0 spiro atoms. The number of carbonyl (C=O) groups is 3. The molecule has 150 valence electrons. The highest BCUT2D eigenvalue weighted by molar-refractivity contribution is 6.05. The van der Waals surface area contributed by atoms with Crippen molar-refractivity contribution in [3.8, 4) is 17.1 Å². The number of piperidine rings is 1. The van der Waals surface area contributed by atoms with E-state index < -0.39 is 11.9 Å². The van der Waals surface area contributed by atoms with E-state index in [2.05, 4.69) is 10.3 Å². The Hall–Kier alpha value is -3.22. The molecule has 0 aliphatic carbocycles. The molecule has 1 atom stereocenters. The third-order valence-corrected chi connectivity index (χ3v) is 4.95. The summed E-state index contributed by atoms with van der Waals surface area (Å²) in [6.45, 7) is 6.23. The predicted molar refractivity (Wildman–Crippen MR) is 106 cm³/mol. The second kappa shape index (κ2) is 6.99. The molecular weight excluding hydrogens is 370 g/mol. The van der Waals surface area contributed by atoms with Gasteiger partial charge in [0.05, 0.1) is 5.69 Å². The number of pyridine rings is 1. The molecule has 2 aromatic rings. The molecular formula is C22H23N3O4. The fourth-order valence-electron chi connectivity index (χ4n) is 3.68. The summed E-state index contributed by atoms with van der Waals surface area (Å²) in [5, 5.41) is 2.32. The lowest BCUT2D eigenvalue weighted by Gasteiger charge is -2.29. The molecule has 0 saturated carbocycles. The van der Waals surface area contributed by atoms with Crippen LogP contribution in [0.2, 0.25) is 0 Å². The van der Waals surface area contributed by atoms with Crippen molar-refractivity contribution in [1.29, 1.82) is 0 Å². The number of nitrogens with zero attached hydrogens (tertiary/aromatic N) is 2. The van der Waals surface area contributed by atoms with Crippen LogP contribution >= 0.6 is 0 Å². The SMILES string of the molecule is CC(C)(C)Oc1cccc(-c2ccc3c(c2)CN(C2CCC(=O)NC2=O)C3=O)n1. The summed E-state index contributed by atoms with van der Waals surface area (Å²) in [7, 11) is 0. The topological polar surface area (TPSA) is 88.6 Å². The van der Waals surface area contributed by atoms with Crippen LogP contribution in [0, 0.1) is 0 Å². The number of hydrogen-bond acceptors (Lipinski definition) is 5. The van der Waals surface area contributed by atoms with Gasteiger partial charge < -0.3 is 9.64 Å². The zero-order chi connectivity index (χ0) is 20.8. The summed E-state index contributed by atoms with van der Waals surface area (Å²) in [5.74, 6) is -0.340. The first-order valence-corrected chi connectivity index (χ1v) is 9.65. The number of rotatable bonds is 3. The van der Waals surface area contributed by atoms with Gasteiger partial charge in [0.2, 0.25) is 17.7 Å². The molecule has 7 nitrogen and oxygen atoms in total. The van der Waals surface area contributed by atoms with Crippen molar-refractivity contribution in [3.05, 3.63) is 47.5 Å². The number of amides is 3. The molecule has 1 unspecified atom stereocenters. The van der Waals surface area contributed by atoms with Gasteiger partial charge in [0.25, 0.3) is 5.91 Å². The Kier molecular flexibility index (Phi) is 4.61. The molecule has 2 aliphatic rings. The molecule has 1 aromatic heterocycles. The summed E-state index contributed by atoms with van der Waals surface area (Å²) < 4.78 is 5.84. The number of benzene rings is 1. The van der Waals surface area contributed by atoms with Gasteiger partial charge in [-0.2, -0.15) is 0 Å². The molecule has 2 aliphatic heterocycles. The van der Waals surface area contributed by atoms with Crippen LogP contribution < -0.4 is 10.1 Å². The van der Waals surface area contributed by atoms with Gasteiger partial charge in [0, 0.05) is 30.2 Å². The smallest absolute Gasteiger partial charge is 0.255 e. The van der Waals surface area contributed by atoms with Crippen LogP contribution in [0.3, 0.4) is 0 Å². The molecule has 0 radical (unpaired) electrons. The molecule has 29 heavy (non-hydrogen) atoms. The van der Waals surface area contributed by atoms with E-state index in [0.29, 0.717) is 24.4 Å². The Bertz CT molecular complexity index is 1010. The largest absolute Gasteiger partial charge is 0.472 e. The lowest BCUT2D eigenvalue weighted by Crippen LogP contribution is -2.52. The van der Waals surface area contributed by atoms with E-state index in [1.165, 1.54) is 0 Å². The Morgan fingerprint density at radius 2 is 1.93 bits per heavy atom. The maximum absolute atomic E-state index is 12.8. The fraction of sp³-hybridized carbons (Fsp3) is 0.364. The third-order valence-electron chi connectivity index (χ3n) is 4.95. The summed E-state index contributed by atoms with van der Waals surface area (Å²) in [5.41, 5.74) is 2.71. The van der Waals surface area contributed by atoms with Gasteiger partial charge in [0.1, 0.15) is 11.6 Å². The molecule has 1 saturated heterocycles. The summed E-state index contributed by atoms with van der Waals surface area (Å²) in [6.07, 6.45) is 0.595. The highest BCUT2D eigenvalue weighted by Crippen LogP contribution is 2.31. The zero-order valence-corrected chi connectivity index (χ0v) is 16.7. The van der Waals surface area contributed by atoms with Crippen molar-refractivity contribution >= 4 is 17.7 Å². The maximum Gasteiger partial charge on any atom is 0.255 e. The molecule has 4 rings (SSSR count). The lowest BCUT2D eigenvalue weighted by atomic mass is 10.0. The van der Waals surface area contributed by atoms with Gasteiger partial charge in [-0.25, -0.2) is 4.98 Å². The fourth-order valence-corrected chi connectivity index (χ4v) is 3.68. The molecule has 0 bridgehead atoms. The van der Waals surface area contributed by atoms with E-state index in [-0.39, 0.29) is 23.8 Å². The Balaban J connectivity index is 1.59. The average Bonchev–Trinajstić information content (AvgIpc) is 2.96. The summed E-state index contributed by atoms with van der Waals surface area (Å²) in [6, 6.07) is 10.5. The average molecular weight is 393 g/mol. The number of hydrogen-bond donors (Lipinski definition) is 1. The van der Waals surface area contributed by atoms with Crippen molar-refractivity contribution in [2.24, 2.45) is 0 Å². The van der Waals surface area contributed by atoms with Crippen LogP contribution in [-0.2, 0) is 16.1 Å². The van der Waals surface area contributed by atoms with Crippen LogP contribution in [0.15, 0.2) is 36.4 Å².